The van der Waals surface area contributed by atoms with Crippen LogP contribution in [0.3, 0.4) is 0 Å². The number of fused-ring (bicyclic) bond motifs is 2. The highest BCUT2D eigenvalue weighted by Gasteiger charge is 2.29. The Hall–Kier alpha value is -3.63. The molecule has 4 aromatic carbocycles. The zero-order chi connectivity index (χ0) is 20.7. The summed E-state index contributed by atoms with van der Waals surface area (Å²) in [5.74, 6) is 1.20. The largest absolute Gasteiger partial charge is 0.457 e. The Bertz CT molecular complexity index is 1330. The molecule has 0 atom stereocenters. The van der Waals surface area contributed by atoms with Crippen molar-refractivity contribution in [3.05, 3.63) is 95.0 Å². The summed E-state index contributed by atoms with van der Waals surface area (Å²) in [7, 11) is 0. The van der Waals surface area contributed by atoms with Crippen LogP contribution in [0.15, 0.2) is 83.9 Å². The van der Waals surface area contributed by atoms with E-state index in [9.17, 15) is 4.79 Å². The summed E-state index contributed by atoms with van der Waals surface area (Å²) in [6, 6.07) is 25.1. The molecule has 4 nitrogen and oxygen atoms in total. The van der Waals surface area contributed by atoms with Gasteiger partial charge in [-0.05, 0) is 65.7 Å². The summed E-state index contributed by atoms with van der Waals surface area (Å²) in [5.41, 5.74) is 3.30. The fraction of sp³-hybridized carbons (Fsp3) is 0.0400. The van der Waals surface area contributed by atoms with Gasteiger partial charge in [-0.2, -0.15) is 0 Å². The number of amides is 1. The van der Waals surface area contributed by atoms with Gasteiger partial charge in [-0.1, -0.05) is 48.0 Å². The van der Waals surface area contributed by atoms with Gasteiger partial charge in [0.2, 0.25) is 0 Å². The maximum absolute atomic E-state index is 12.4. The molecule has 0 bridgehead atoms. The molecule has 1 N–H and O–H groups in total. The van der Waals surface area contributed by atoms with E-state index in [1.165, 1.54) is 5.39 Å². The monoisotopic (exact) mass is 412 g/mol. The van der Waals surface area contributed by atoms with Gasteiger partial charge in [-0.3, -0.25) is 4.79 Å². The highest BCUT2D eigenvalue weighted by Crippen LogP contribution is 2.35. The van der Waals surface area contributed by atoms with Crippen molar-refractivity contribution in [2.45, 2.75) is 6.92 Å². The van der Waals surface area contributed by atoms with Crippen LogP contribution in [0.1, 0.15) is 11.1 Å². The predicted octanol–water partition coefficient (Wildman–Crippen LogP) is 6.67. The van der Waals surface area contributed by atoms with Crippen LogP contribution in [0.2, 0.25) is 5.02 Å². The molecule has 1 aliphatic rings. The molecule has 0 unspecified atom stereocenters. The molecule has 1 aliphatic heterocycles. The molecule has 30 heavy (non-hydrogen) atoms. The van der Waals surface area contributed by atoms with Crippen LogP contribution in [0.5, 0.6) is 11.5 Å². The molecule has 4 aromatic rings. The standard InChI is InChI=1S/C25H17ClN2O2/c1-15-6-13-21(26)22-23(15)28-25(29)24(22)27-18-8-11-19(12-9-18)30-20-10-7-16-4-2-3-5-17(16)14-20/h2-14H,1H3,(H,27,28,29). The number of hydrogen-bond acceptors (Lipinski definition) is 3. The highest BCUT2D eigenvalue weighted by atomic mass is 35.5. The lowest BCUT2D eigenvalue weighted by Crippen LogP contribution is -2.14. The molecule has 0 saturated carbocycles. The quantitative estimate of drug-likeness (QED) is 0.408. The van der Waals surface area contributed by atoms with Crippen molar-refractivity contribution in [1.82, 2.24) is 0 Å². The Morgan fingerprint density at radius 2 is 1.60 bits per heavy atom. The number of nitrogens with one attached hydrogen (secondary N) is 1. The molecule has 1 heterocycles. The summed E-state index contributed by atoms with van der Waals surface area (Å²) in [6.07, 6.45) is 0. The van der Waals surface area contributed by atoms with Gasteiger partial charge in [0.25, 0.3) is 5.91 Å². The molecule has 1 amide bonds. The number of hydrogen-bond donors (Lipinski definition) is 1. The number of nitrogens with zero attached hydrogens (tertiary/aromatic N) is 1. The number of rotatable bonds is 3. The second kappa shape index (κ2) is 7.32. The Morgan fingerprint density at radius 3 is 2.40 bits per heavy atom. The maximum Gasteiger partial charge on any atom is 0.275 e. The van der Waals surface area contributed by atoms with E-state index in [1.807, 2.05) is 67.6 Å². The van der Waals surface area contributed by atoms with Crippen molar-refractivity contribution < 1.29 is 9.53 Å². The maximum atomic E-state index is 12.4. The van der Waals surface area contributed by atoms with E-state index in [2.05, 4.69) is 22.4 Å². The zero-order valence-electron chi connectivity index (χ0n) is 16.1. The van der Waals surface area contributed by atoms with Crippen molar-refractivity contribution in [3.63, 3.8) is 0 Å². The number of aliphatic imine (C=N–C) groups is 1. The lowest BCUT2D eigenvalue weighted by Gasteiger charge is -2.07. The Morgan fingerprint density at radius 1 is 0.867 bits per heavy atom. The molecule has 146 valence electrons. The lowest BCUT2D eigenvalue weighted by atomic mass is 10.1. The van der Waals surface area contributed by atoms with Gasteiger partial charge in [0.1, 0.15) is 17.2 Å². The summed E-state index contributed by atoms with van der Waals surface area (Å²) < 4.78 is 5.97. The minimum atomic E-state index is -0.252. The van der Waals surface area contributed by atoms with Crippen molar-refractivity contribution in [3.8, 4) is 11.5 Å². The minimum absolute atomic E-state index is 0.252. The molecular formula is C25H17ClN2O2. The van der Waals surface area contributed by atoms with Crippen LogP contribution in [0, 0.1) is 6.92 Å². The smallest absolute Gasteiger partial charge is 0.275 e. The summed E-state index contributed by atoms with van der Waals surface area (Å²) in [6.45, 7) is 1.93. The molecule has 0 aromatic heterocycles. The van der Waals surface area contributed by atoms with E-state index in [1.54, 1.807) is 6.07 Å². The molecule has 0 fully saturated rings. The van der Waals surface area contributed by atoms with E-state index in [0.717, 1.165) is 22.4 Å². The highest BCUT2D eigenvalue weighted by molar-refractivity contribution is 6.57. The van der Waals surface area contributed by atoms with Crippen molar-refractivity contribution in [2.75, 3.05) is 5.32 Å². The fourth-order valence-electron chi connectivity index (χ4n) is 3.55. The van der Waals surface area contributed by atoms with E-state index >= 15 is 0 Å². The van der Waals surface area contributed by atoms with Gasteiger partial charge < -0.3 is 10.1 Å². The number of anilines is 1. The van der Waals surface area contributed by atoms with Gasteiger partial charge in [0.15, 0.2) is 0 Å². The van der Waals surface area contributed by atoms with E-state index in [-0.39, 0.29) is 5.91 Å². The van der Waals surface area contributed by atoms with Gasteiger partial charge in [-0.25, -0.2) is 4.99 Å². The zero-order valence-corrected chi connectivity index (χ0v) is 16.9. The predicted molar refractivity (Wildman–Crippen MR) is 121 cm³/mol. The number of halogens is 1. The number of benzene rings is 4. The van der Waals surface area contributed by atoms with E-state index in [0.29, 0.717) is 27.7 Å². The number of ether oxygens (including phenoxy) is 1. The van der Waals surface area contributed by atoms with Crippen molar-refractivity contribution in [1.29, 1.82) is 0 Å². The third-order valence-corrected chi connectivity index (χ3v) is 5.40. The number of aryl methyl sites for hydroxylation is 1. The molecule has 5 heteroatoms. The second-order valence-corrected chi connectivity index (χ2v) is 7.54. The molecule has 0 radical (unpaired) electrons. The fourth-order valence-corrected chi connectivity index (χ4v) is 3.80. The molecule has 0 spiro atoms. The SMILES string of the molecule is Cc1ccc(Cl)c2c1NC(=O)C2=Nc1ccc(Oc2ccc3ccccc3c2)cc1. The van der Waals surface area contributed by atoms with Crippen LogP contribution in [0.4, 0.5) is 11.4 Å². The normalized spacial score (nSPS) is 14.1. The average Bonchev–Trinajstić information content (AvgIpc) is 3.09. The third kappa shape index (κ3) is 3.31. The van der Waals surface area contributed by atoms with Gasteiger partial charge >= 0.3 is 0 Å². The summed E-state index contributed by atoms with van der Waals surface area (Å²) >= 11 is 6.33. The van der Waals surface area contributed by atoms with Crippen LogP contribution >= 0.6 is 11.6 Å². The number of carbonyl (C=O) groups is 1. The molecule has 0 aliphatic carbocycles. The Balaban J connectivity index is 1.42. The van der Waals surface area contributed by atoms with Crippen LogP contribution in [-0.2, 0) is 4.79 Å². The van der Waals surface area contributed by atoms with Crippen LogP contribution in [0.25, 0.3) is 10.8 Å². The topological polar surface area (TPSA) is 50.7 Å². The van der Waals surface area contributed by atoms with E-state index < -0.39 is 0 Å². The Kier molecular flexibility index (Phi) is 4.49. The van der Waals surface area contributed by atoms with Gasteiger partial charge in [-0.15, -0.1) is 0 Å². The average molecular weight is 413 g/mol. The van der Waals surface area contributed by atoms with Crippen molar-refractivity contribution in [2.24, 2.45) is 4.99 Å². The minimum Gasteiger partial charge on any atom is -0.457 e. The Labute approximate surface area is 178 Å². The second-order valence-electron chi connectivity index (χ2n) is 7.13. The lowest BCUT2D eigenvalue weighted by molar-refractivity contribution is -0.110. The third-order valence-electron chi connectivity index (χ3n) is 5.09. The first kappa shape index (κ1) is 18.4. The first-order chi connectivity index (χ1) is 14.6. The summed E-state index contributed by atoms with van der Waals surface area (Å²) in [5, 5.41) is 5.65. The van der Waals surface area contributed by atoms with E-state index in [4.69, 9.17) is 16.3 Å². The van der Waals surface area contributed by atoms with Crippen LogP contribution < -0.4 is 10.1 Å². The first-order valence-electron chi connectivity index (χ1n) is 9.55. The van der Waals surface area contributed by atoms with Crippen molar-refractivity contribution >= 4 is 45.4 Å². The van der Waals surface area contributed by atoms with Gasteiger partial charge in [0.05, 0.1) is 16.4 Å². The van der Waals surface area contributed by atoms with Gasteiger partial charge in [0, 0.05) is 5.56 Å². The first-order valence-corrected chi connectivity index (χ1v) is 9.92. The van der Waals surface area contributed by atoms with Crippen LogP contribution in [-0.4, -0.2) is 11.6 Å². The summed E-state index contributed by atoms with van der Waals surface area (Å²) in [4.78, 5) is 17.0. The molecular weight excluding hydrogens is 396 g/mol. The number of carbonyl (C=O) groups excluding carboxylic acids is 1. The molecule has 0 saturated heterocycles. The molecule has 5 rings (SSSR count).